The lowest BCUT2D eigenvalue weighted by Crippen LogP contribution is -2.32. The zero-order valence-electron chi connectivity index (χ0n) is 12.6. The minimum Gasteiger partial charge on any atom is -0.338 e. The molecule has 22 heavy (non-hydrogen) atoms. The number of nitrogens with zero attached hydrogens (tertiary/aromatic N) is 3. The van der Waals surface area contributed by atoms with E-state index >= 15 is 0 Å². The van der Waals surface area contributed by atoms with Gasteiger partial charge in [0.15, 0.2) is 17.5 Å². The highest BCUT2D eigenvalue weighted by atomic mass is 19.2. The fraction of sp³-hybridized carbons (Fsp3) is 0.500. The average molecular weight is 307 g/mol. The number of piperidine rings is 1. The molecule has 0 bridgehead atoms. The van der Waals surface area contributed by atoms with Gasteiger partial charge in [-0.2, -0.15) is 4.98 Å². The van der Waals surface area contributed by atoms with E-state index in [0.717, 1.165) is 43.7 Å². The number of rotatable bonds is 4. The molecule has 1 aliphatic rings. The first kappa shape index (κ1) is 15.1. The van der Waals surface area contributed by atoms with E-state index in [9.17, 15) is 8.78 Å². The Kier molecular flexibility index (Phi) is 4.47. The van der Waals surface area contributed by atoms with Gasteiger partial charge in [0, 0.05) is 6.42 Å². The third-order valence-electron chi connectivity index (χ3n) is 4.19. The summed E-state index contributed by atoms with van der Waals surface area (Å²) in [4.78, 5) is 6.56. The maximum Gasteiger partial charge on any atom is 0.240 e. The number of aromatic nitrogens is 2. The molecular weight excluding hydrogens is 288 g/mol. The molecule has 2 heterocycles. The van der Waals surface area contributed by atoms with E-state index < -0.39 is 11.6 Å². The molecule has 6 heteroatoms. The summed E-state index contributed by atoms with van der Waals surface area (Å²) < 4.78 is 31.5. The van der Waals surface area contributed by atoms with Gasteiger partial charge in [-0.3, -0.25) is 4.90 Å². The molecule has 0 N–H and O–H groups in total. The zero-order valence-corrected chi connectivity index (χ0v) is 12.6. The van der Waals surface area contributed by atoms with Crippen molar-refractivity contribution >= 4 is 0 Å². The number of likely N-dealkylation sites (tertiary alicyclic amines) is 1. The summed E-state index contributed by atoms with van der Waals surface area (Å²) in [5.41, 5.74) is 0.879. The molecule has 0 radical (unpaired) electrons. The van der Waals surface area contributed by atoms with Crippen LogP contribution in [0.1, 0.15) is 43.0 Å². The van der Waals surface area contributed by atoms with Crippen LogP contribution in [0.2, 0.25) is 0 Å². The Morgan fingerprint density at radius 1 is 1.23 bits per heavy atom. The summed E-state index contributed by atoms with van der Waals surface area (Å²) in [6.45, 7) is 4.40. The molecule has 2 aromatic rings. The molecule has 118 valence electrons. The largest absolute Gasteiger partial charge is 0.338 e. The van der Waals surface area contributed by atoms with E-state index in [1.54, 1.807) is 6.07 Å². The van der Waals surface area contributed by atoms with Crippen molar-refractivity contribution in [2.45, 2.75) is 38.6 Å². The molecule has 0 atom stereocenters. The molecule has 0 amide bonds. The van der Waals surface area contributed by atoms with Crippen LogP contribution in [-0.4, -0.2) is 28.1 Å². The van der Waals surface area contributed by atoms with Gasteiger partial charge in [-0.1, -0.05) is 18.1 Å². The Balaban J connectivity index is 1.56. The topological polar surface area (TPSA) is 42.2 Å². The van der Waals surface area contributed by atoms with Crippen LogP contribution >= 0.6 is 0 Å². The summed E-state index contributed by atoms with van der Waals surface area (Å²) in [5.74, 6) is 0.0947. The molecule has 3 rings (SSSR count). The van der Waals surface area contributed by atoms with Crippen molar-refractivity contribution in [3.8, 4) is 0 Å². The summed E-state index contributed by atoms with van der Waals surface area (Å²) in [5, 5.41) is 3.89. The van der Waals surface area contributed by atoms with Gasteiger partial charge in [0.1, 0.15) is 0 Å². The number of hydrogen-bond donors (Lipinski definition) is 0. The first-order chi connectivity index (χ1) is 10.7. The van der Waals surface area contributed by atoms with Crippen molar-refractivity contribution in [2.75, 3.05) is 13.1 Å². The van der Waals surface area contributed by atoms with E-state index in [2.05, 4.69) is 15.0 Å². The van der Waals surface area contributed by atoms with E-state index in [4.69, 9.17) is 4.52 Å². The smallest absolute Gasteiger partial charge is 0.240 e. The van der Waals surface area contributed by atoms with Gasteiger partial charge < -0.3 is 4.52 Å². The molecule has 1 fully saturated rings. The third kappa shape index (κ3) is 3.32. The standard InChI is InChI=1S/C16H19F2N3O/c1-2-15-19-16(22-20-15)10-21-7-5-11(6-8-21)12-3-4-13(17)14(18)9-12/h3-4,9,11H,2,5-8,10H2,1H3. The highest BCUT2D eigenvalue weighted by Crippen LogP contribution is 2.29. The molecule has 0 saturated carbocycles. The van der Waals surface area contributed by atoms with Crippen LogP contribution in [0, 0.1) is 11.6 Å². The predicted molar refractivity (Wildman–Crippen MR) is 77.3 cm³/mol. The van der Waals surface area contributed by atoms with Crippen molar-refractivity contribution in [3.63, 3.8) is 0 Å². The van der Waals surface area contributed by atoms with E-state index in [1.807, 2.05) is 6.92 Å². The van der Waals surface area contributed by atoms with Crippen LogP contribution < -0.4 is 0 Å². The highest BCUT2D eigenvalue weighted by molar-refractivity contribution is 5.22. The summed E-state index contributed by atoms with van der Waals surface area (Å²) in [6, 6.07) is 4.22. The van der Waals surface area contributed by atoms with Crippen LogP contribution in [-0.2, 0) is 13.0 Å². The van der Waals surface area contributed by atoms with Gasteiger partial charge in [-0.25, -0.2) is 8.78 Å². The lowest BCUT2D eigenvalue weighted by molar-refractivity contribution is 0.180. The first-order valence-corrected chi connectivity index (χ1v) is 7.64. The highest BCUT2D eigenvalue weighted by Gasteiger charge is 2.22. The van der Waals surface area contributed by atoms with E-state index in [0.29, 0.717) is 12.4 Å². The van der Waals surface area contributed by atoms with Gasteiger partial charge in [-0.05, 0) is 49.5 Å². The molecule has 0 aliphatic carbocycles. The van der Waals surface area contributed by atoms with E-state index in [1.165, 1.54) is 12.1 Å². The monoisotopic (exact) mass is 307 g/mol. The van der Waals surface area contributed by atoms with Crippen molar-refractivity contribution in [3.05, 3.63) is 47.1 Å². The quantitative estimate of drug-likeness (QED) is 0.869. The zero-order chi connectivity index (χ0) is 15.5. The van der Waals surface area contributed by atoms with Crippen molar-refractivity contribution < 1.29 is 13.3 Å². The molecule has 1 aliphatic heterocycles. The molecule has 1 aromatic heterocycles. The van der Waals surface area contributed by atoms with Crippen molar-refractivity contribution in [1.82, 2.24) is 15.0 Å². The van der Waals surface area contributed by atoms with Gasteiger partial charge in [0.25, 0.3) is 0 Å². The van der Waals surface area contributed by atoms with Crippen molar-refractivity contribution in [1.29, 1.82) is 0 Å². The first-order valence-electron chi connectivity index (χ1n) is 7.64. The minimum absolute atomic E-state index is 0.278. The van der Waals surface area contributed by atoms with E-state index in [-0.39, 0.29) is 5.92 Å². The summed E-state index contributed by atoms with van der Waals surface area (Å²) >= 11 is 0. The predicted octanol–water partition coefficient (Wildman–Crippen LogP) is 3.29. The number of aryl methyl sites for hydroxylation is 1. The molecule has 1 saturated heterocycles. The normalized spacial score (nSPS) is 17.0. The van der Waals surface area contributed by atoms with Gasteiger partial charge >= 0.3 is 0 Å². The van der Waals surface area contributed by atoms with Crippen LogP contribution in [0.15, 0.2) is 22.7 Å². The minimum atomic E-state index is -0.788. The maximum atomic E-state index is 13.3. The molecule has 1 aromatic carbocycles. The molecular formula is C16H19F2N3O. The second kappa shape index (κ2) is 6.52. The molecule has 0 spiro atoms. The van der Waals surface area contributed by atoms with Crippen LogP contribution in [0.25, 0.3) is 0 Å². The third-order valence-corrected chi connectivity index (χ3v) is 4.19. The summed E-state index contributed by atoms with van der Waals surface area (Å²) in [7, 11) is 0. The molecule has 4 nitrogen and oxygen atoms in total. The van der Waals surface area contributed by atoms with Gasteiger partial charge in [0.2, 0.25) is 5.89 Å². The Bertz CT molecular complexity index is 636. The fourth-order valence-electron chi connectivity index (χ4n) is 2.88. The molecule has 0 unspecified atom stereocenters. The van der Waals surface area contributed by atoms with Gasteiger partial charge in [0.05, 0.1) is 6.54 Å². The second-order valence-electron chi connectivity index (χ2n) is 5.68. The Hall–Kier alpha value is -1.82. The SMILES string of the molecule is CCc1noc(CN2CCC(c3ccc(F)c(F)c3)CC2)n1. The number of halogens is 2. The Morgan fingerprint density at radius 3 is 2.64 bits per heavy atom. The fourth-order valence-corrected chi connectivity index (χ4v) is 2.88. The lowest BCUT2D eigenvalue weighted by atomic mass is 9.89. The van der Waals surface area contributed by atoms with Gasteiger partial charge in [-0.15, -0.1) is 0 Å². The Morgan fingerprint density at radius 2 is 2.00 bits per heavy atom. The van der Waals surface area contributed by atoms with Crippen LogP contribution in [0.3, 0.4) is 0 Å². The lowest BCUT2D eigenvalue weighted by Gasteiger charge is -2.31. The Labute approximate surface area is 128 Å². The van der Waals surface area contributed by atoms with Crippen LogP contribution in [0.4, 0.5) is 8.78 Å². The average Bonchev–Trinajstić information content (AvgIpc) is 2.98. The van der Waals surface area contributed by atoms with Crippen molar-refractivity contribution in [2.24, 2.45) is 0 Å². The second-order valence-corrected chi connectivity index (χ2v) is 5.68. The maximum absolute atomic E-state index is 13.3. The van der Waals surface area contributed by atoms with Crippen LogP contribution in [0.5, 0.6) is 0 Å². The number of benzene rings is 1. The number of hydrogen-bond acceptors (Lipinski definition) is 4. The summed E-state index contributed by atoms with van der Waals surface area (Å²) in [6.07, 6.45) is 2.60.